The summed E-state index contributed by atoms with van der Waals surface area (Å²) >= 11 is 0. The first-order valence-electron chi connectivity index (χ1n) is 11.2. The molecule has 3 rings (SSSR count). The van der Waals surface area contributed by atoms with Crippen molar-refractivity contribution in [2.75, 3.05) is 7.11 Å². The van der Waals surface area contributed by atoms with Crippen molar-refractivity contribution >= 4 is 11.5 Å². The lowest BCUT2D eigenvalue weighted by Crippen LogP contribution is -2.32. The zero-order valence-corrected chi connectivity index (χ0v) is 19.0. The van der Waals surface area contributed by atoms with Crippen molar-refractivity contribution < 1.29 is 9.53 Å². The van der Waals surface area contributed by atoms with E-state index < -0.39 is 0 Å². The summed E-state index contributed by atoms with van der Waals surface area (Å²) < 4.78 is 5.28. The van der Waals surface area contributed by atoms with Crippen LogP contribution in [0, 0.1) is 0 Å². The van der Waals surface area contributed by atoms with Gasteiger partial charge in [0.05, 0.1) is 7.11 Å². The van der Waals surface area contributed by atoms with Gasteiger partial charge in [-0.2, -0.15) is 0 Å². The van der Waals surface area contributed by atoms with Crippen LogP contribution in [-0.4, -0.2) is 24.0 Å². The lowest BCUT2D eigenvalue weighted by atomic mass is 9.96. The summed E-state index contributed by atoms with van der Waals surface area (Å²) in [7, 11) is 1.67. The molecule has 1 amide bonds. The number of hydrogen-bond donors (Lipinski definition) is 1. The minimum atomic E-state index is 0.0947. The van der Waals surface area contributed by atoms with E-state index in [-0.39, 0.29) is 11.9 Å². The van der Waals surface area contributed by atoms with E-state index in [0.29, 0.717) is 12.8 Å². The molecule has 4 heteroatoms. The van der Waals surface area contributed by atoms with Crippen molar-refractivity contribution in [1.82, 2.24) is 10.3 Å². The van der Waals surface area contributed by atoms with E-state index in [9.17, 15) is 4.79 Å². The molecular weight excluding hydrogens is 396 g/mol. The van der Waals surface area contributed by atoms with Crippen molar-refractivity contribution in [2.45, 2.75) is 45.1 Å². The van der Waals surface area contributed by atoms with Gasteiger partial charge < -0.3 is 10.1 Å². The van der Waals surface area contributed by atoms with Crippen molar-refractivity contribution in [3.63, 3.8) is 0 Å². The van der Waals surface area contributed by atoms with Crippen molar-refractivity contribution in [3.05, 3.63) is 102 Å². The monoisotopic (exact) mass is 428 g/mol. The number of carbonyl (C=O) groups is 1. The largest absolute Gasteiger partial charge is 0.497 e. The van der Waals surface area contributed by atoms with E-state index in [4.69, 9.17) is 4.74 Å². The van der Waals surface area contributed by atoms with Gasteiger partial charge in [0.15, 0.2) is 0 Å². The van der Waals surface area contributed by atoms with Crippen LogP contribution >= 0.6 is 0 Å². The lowest BCUT2D eigenvalue weighted by molar-refractivity contribution is -0.121. The topological polar surface area (TPSA) is 51.2 Å². The van der Waals surface area contributed by atoms with Gasteiger partial charge in [-0.15, -0.1) is 0 Å². The number of allylic oxidation sites excluding steroid dienone is 1. The number of amides is 1. The number of aryl methyl sites for hydroxylation is 1. The van der Waals surface area contributed by atoms with Crippen molar-refractivity contribution in [1.29, 1.82) is 0 Å². The molecule has 0 saturated heterocycles. The molecule has 0 aliphatic carbocycles. The first-order chi connectivity index (χ1) is 15.7. The highest BCUT2D eigenvalue weighted by Crippen LogP contribution is 2.26. The number of hydrogen-bond acceptors (Lipinski definition) is 3. The molecule has 0 fully saturated rings. The summed E-state index contributed by atoms with van der Waals surface area (Å²) in [5.74, 6) is 0.926. The molecule has 0 saturated carbocycles. The number of nitrogens with zero attached hydrogens (tertiary/aromatic N) is 1. The molecule has 1 aromatic heterocycles. The van der Waals surface area contributed by atoms with Crippen molar-refractivity contribution in [3.8, 4) is 5.75 Å². The molecule has 1 heterocycles. The van der Waals surface area contributed by atoms with Gasteiger partial charge in [0.2, 0.25) is 5.91 Å². The second-order valence-electron chi connectivity index (χ2n) is 7.97. The number of ether oxygens (including phenoxy) is 1. The van der Waals surface area contributed by atoms with Crippen molar-refractivity contribution in [2.24, 2.45) is 0 Å². The highest BCUT2D eigenvalue weighted by atomic mass is 16.5. The Morgan fingerprint density at radius 3 is 2.47 bits per heavy atom. The Morgan fingerprint density at radius 1 is 1.03 bits per heavy atom. The zero-order chi connectivity index (χ0) is 22.6. The van der Waals surface area contributed by atoms with Gasteiger partial charge in [0, 0.05) is 24.9 Å². The van der Waals surface area contributed by atoms with E-state index in [1.165, 1.54) is 5.56 Å². The smallest absolute Gasteiger partial charge is 0.220 e. The maximum atomic E-state index is 12.5. The fourth-order valence-corrected chi connectivity index (χ4v) is 3.72. The molecule has 0 aliphatic rings. The van der Waals surface area contributed by atoms with Crippen LogP contribution in [0.1, 0.15) is 49.3 Å². The highest BCUT2D eigenvalue weighted by Gasteiger charge is 2.09. The summed E-state index contributed by atoms with van der Waals surface area (Å²) in [6, 6.07) is 22.5. The van der Waals surface area contributed by atoms with Gasteiger partial charge in [0.25, 0.3) is 0 Å². The Balaban J connectivity index is 1.53. The minimum Gasteiger partial charge on any atom is -0.497 e. The fraction of sp³-hybridized carbons (Fsp3) is 0.286. The van der Waals surface area contributed by atoms with E-state index >= 15 is 0 Å². The number of benzene rings is 2. The highest BCUT2D eigenvalue weighted by molar-refractivity contribution is 5.81. The molecule has 2 aromatic carbocycles. The second-order valence-corrected chi connectivity index (χ2v) is 7.97. The number of nitrogens with one attached hydrogen (secondary N) is 1. The van der Waals surface area contributed by atoms with Crippen LogP contribution < -0.4 is 10.1 Å². The molecule has 166 valence electrons. The number of methoxy groups -OCH3 is 1. The number of rotatable bonds is 11. The van der Waals surface area contributed by atoms with Gasteiger partial charge >= 0.3 is 0 Å². The van der Waals surface area contributed by atoms with Crippen LogP contribution in [0.3, 0.4) is 0 Å². The predicted molar refractivity (Wildman–Crippen MR) is 131 cm³/mol. The number of pyridine rings is 1. The average Bonchev–Trinajstić information content (AvgIpc) is 2.83. The average molecular weight is 429 g/mol. The number of carbonyl (C=O) groups excluding carboxylic acids is 1. The zero-order valence-electron chi connectivity index (χ0n) is 19.0. The first kappa shape index (κ1) is 23.3. The molecule has 0 unspecified atom stereocenters. The Labute approximate surface area is 191 Å². The third kappa shape index (κ3) is 7.38. The van der Waals surface area contributed by atoms with Gasteiger partial charge in [-0.3, -0.25) is 9.78 Å². The summed E-state index contributed by atoms with van der Waals surface area (Å²) in [6.07, 6.45) is 9.98. The second kappa shape index (κ2) is 12.5. The molecular formula is C28H32N2O2. The van der Waals surface area contributed by atoms with Gasteiger partial charge in [-0.25, -0.2) is 0 Å². The molecule has 4 nitrogen and oxygen atoms in total. The molecule has 0 radical (unpaired) electrons. The Kier molecular flexibility index (Phi) is 9.05. The van der Waals surface area contributed by atoms with Crippen LogP contribution in [0.4, 0.5) is 0 Å². The molecule has 3 aromatic rings. The van der Waals surface area contributed by atoms with Crippen LogP contribution in [0.5, 0.6) is 5.75 Å². The van der Waals surface area contributed by atoms with E-state index in [0.717, 1.165) is 41.7 Å². The third-order valence-corrected chi connectivity index (χ3v) is 5.44. The maximum Gasteiger partial charge on any atom is 0.220 e. The lowest BCUT2D eigenvalue weighted by Gasteiger charge is -2.14. The number of aromatic nitrogens is 1. The molecule has 1 atom stereocenters. The summed E-state index contributed by atoms with van der Waals surface area (Å²) in [4.78, 5) is 16.6. The Hall–Kier alpha value is -3.40. The predicted octanol–water partition coefficient (Wildman–Crippen LogP) is 5.83. The van der Waals surface area contributed by atoms with Crippen LogP contribution in [0.25, 0.3) is 5.57 Å². The maximum absolute atomic E-state index is 12.5. The Morgan fingerprint density at radius 2 is 1.78 bits per heavy atom. The molecule has 32 heavy (non-hydrogen) atoms. The standard InChI is InChI=1S/C28H32N2O2/c1-22(9-6-10-23-11-8-20-29-21-23)30-28(31)15-7-14-27(24-12-4-3-5-13-24)25-16-18-26(32-2)19-17-25/h3-5,8,11-14,16-22H,6-7,9-10,15H2,1-2H3,(H,30,31)/b27-14+/t22-/m1/s1. The quantitative estimate of drug-likeness (QED) is 0.418. The van der Waals surface area contributed by atoms with Crippen LogP contribution in [0.15, 0.2) is 85.2 Å². The molecule has 1 N–H and O–H groups in total. The summed E-state index contributed by atoms with van der Waals surface area (Å²) in [6.45, 7) is 2.07. The van der Waals surface area contributed by atoms with E-state index in [1.54, 1.807) is 13.3 Å². The van der Waals surface area contributed by atoms with Crippen LogP contribution in [0.2, 0.25) is 0 Å². The minimum absolute atomic E-state index is 0.0947. The van der Waals surface area contributed by atoms with Gasteiger partial charge in [-0.05, 0) is 73.1 Å². The Bertz CT molecular complexity index is 983. The van der Waals surface area contributed by atoms with Crippen LogP contribution in [-0.2, 0) is 11.2 Å². The third-order valence-electron chi connectivity index (χ3n) is 5.44. The SMILES string of the molecule is COc1ccc(/C(=C/CCC(=O)N[C@H](C)CCCc2cccnc2)c2ccccc2)cc1. The fourth-order valence-electron chi connectivity index (χ4n) is 3.72. The van der Waals surface area contributed by atoms with E-state index in [2.05, 4.69) is 53.6 Å². The summed E-state index contributed by atoms with van der Waals surface area (Å²) in [5.41, 5.74) is 4.62. The normalized spacial score (nSPS) is 12.2. The molecule has 0 spiro atoms. The van der Waals surface area contributed by atoms with Gasteiger partial charge in [-0.1, -0.05) is 54.6 Å². The van der Waals surface area contributed by atoms with E-state index in [1.807, 2.05) is 42.6 Å². The molecule has 0 aliphatic heterocycles. The summed E-state index contributed by atoms with van der Waals surface area (Å²) in [5, 5.41) is 3.13. The molecule has 0 bridgehead atoms. The first-order valence-corrected chi connectivity index (χ1v) is 11.2. The van der Waals surface area contributed by atoms with Gasteiger partial charge in [0.1, 0.15) is 5.75 Å².